The molecule has 2 unspecified atom stereocenters. The third-order valence-corrected chi connectivity index (χ3v) is 6.72. The van der Waals surface area contributed by atoms with Crippen molar-refractivity contribution in [3.8, 4) is 5.75 Å². The lowest BCUT2D eigenvalue weighted by molar-refractivity contribution is -0.147. The Morgan fingerprint density at radius 2 is 1.81 bits per heavy atom. The second-order valence-electron chi connectivity index (χ2n) is 8.47. The maximum Gasteiger partial charge on any atom is 0.309 e. The molecule has 3 aliphatic rings. The lowest BCUT2D eigenvalue weighted by atomic mass is 9.99. The van der Waals surface area contributed by atoms with Gasteiger partial charge in [0.15, 0.2) is 0 Å². The van der Waals surface area contributed by atoms with E-state index >= 15 is 0 Å². The topological polar surface area (TPSA) is 49.8 Å². The molecule has 4 nitrogen and oxygen atoms in total. The molecule has 0 bridgehead atoms. The predicted octanol–water partition coefficient (Wildman–Crippen LogP) is 3.78. The van der Waals surface area contributed by atoms with E-state index in [0.29, 0.717) is 19.2 Å². The zero-order valence-corrected chi connectivity index (χ0v) is 15.1. The van der Waals surface area contributed by atoms with Gasteiger partial charge in [-0.25, -0.2) is 0 Å². The quantitative estimate of drug-likeness (QED) is 0.891. The Hall–Kier alpha value is -2.07. The van der Waals surface area contributed by atoms with Crippen LogP contribution in [0.25, 0.3) is 10.8 Å². The monoisotopic (exact) mass is 351 g/mol. The molecule has 0 aromatic heterocycles. The van der Waals surface area contributed by atoms with Crippen LogP contribution in [0.15, 0.2) is 36.4 Å². The van der Waals surface area contributed by atoms with Crippen LogP contribution in [0, 0.1) is 23.7 Å². The van der Waals surface area contributed by atoms with Crippen molar-refractivity contribution in [2.24, 2.45) is 23.7 Å². The minimum absolute atomic E-state index is 0.195. The number of hydrogen-bond donors (Lipinski definition) is 1. The molecule has 2 aliphatic carbocycles. The van der Waals surface area contributed by atoms with Gasteiger partial charge in [-0.15, -0.1) is 0 Å². The highest BCUT2D eigenvalue weighted by atomic mass is 16.5. The van der Waals surface area contributed by atoms with E-state index in [1.165, 1.54) is 29.2 Å². The van der Waals surface area contributed by atoms with Crippen LogP contribution in [0.5, 0.6) is 5.75 Å². The Balaban J connectivity index is 1.23. The van der Waals surface area contributed by atoms with Gasteiger partial charge in [-0.05, 0) is 65.1 Å². The van der Waals surface area contributed by atoms with E-state index in [1.807, 2.05) is 0 Å². The number of benzene rings is 2. The summed E-state index contributed by atoms with van der Waals surface area (Å²) in [7, 11) is 0. The number of hydrogen-bond acceptors (Lipinski definition) is 3. The van der Waals surface area contributed by atoms with E-state index in [2.05, 4.69) is 48.2 Å². The van der Waals surface area contributed by atoms with E-state index in [-0.39, 0.29) is 5.92 Å². The molecule has 4 heteroatoms. The van der Waals surface area contributed by atoms with Crippen molar-refractivity contribution in [3.05, 3.63) is 42.0 Å². The third-order valence-electron chi connectivity index (χ3n) is 6.72. The van der Waals surface area contributed by atoms with E-state index in [4.69, 9.17) is 9.84 Å². The highest BCUT2D eigenvalue weighted by Gasteiger charge is 2.53. The molecular formula is C22H25NO3. The van der Waals surface area contributed by atoms with Crippen molar-refractivity contribution in [1.82, 2.24) is 4.90 Å². The normalized spacial score (nSPS) is 30.8. The molecule has 2 aromatic rings. The number of carboxylic acids is 1. The van der Waals surface area contributed by atoms with Gasteiger partial charge in [0.25, 0.3) is 0 Å². The highest BCUT2D eigenvalue weighted by molar-refractivity contribution is 5.84. The second kappa shape index (κ2) is 5.98. The molecule has 1 heterocycles. The summed E-state index contributed by atoms with van der Waals surface area (Å²) >= 11 is 0. The summed E-state index contributed by atoms with van der Waals surface area (Å²) < 4.78 is 6.22. The molecule has 26 heavy (non-hydrogen) atoms. The number of nitrogens with zero attached hydrogens (tertiary/aromatic N) is 1. The molecule has 2 saturated carbocycles. The van der Waals surface area contributed by atoms with Crippen LogP contribution in [0.2, 0.25) is 0 Å². The highest BCUT2D eigenvalue weighted by Crippen LogP contribution is 2.57. The van der Waals surface area contributed by atoms with Gasteiger partial charge < -0.3 is 9.84 Å². The Morgan fingerprint density at radius 3 is 2.54 bits per heavy atom. The molecule has 2 aromatic carbocycles. The van der Waals surface area contributed by atoms with Crippen LogP contribution in [-0.4, -0.2) is 35.2 Å². The fourth-order valence-corrected chi connectivity index (χ4v) is 4.97. The van der Waals surface area contributed by atoms with Crippen molar-refractivity contribution >= 4 is 16.7 Å². The number of carbonyl (C=O) groups is 1. The van der Waals surface area contributed by atoms with Crippen LogP contribution in [0.3, 0.4) is 0 Å². The van der Waals surface area contributed by atoms with Crippen molar-refractivity contribution in [3.63, 3.8) is 0 Å². The minimum atomic E-state index is -0.679. The smallest absolute Gasteiger partial charge is 0.309 e. The molecule has 1 saturated heterocycles. The standard InChI is InChI=1S/C22H25NO3/c1-13-20-8-19(9-21(13)20)26-18-5-4-15-6-14(2-3-16(15)7-18)10-23-11-17(12-23)22(24)25/h2-7,13,17,19-21H,8-12H2,1H3,(H,24,25). The Labute approximate surface area is 153 Å². The maximum atomic E-state index is 10.9. The fraction of sp³-hybridized carbons (Fsp3) is 0.500. The van der Waals surface area contributed by atoms with Crippen LogP contribution < -0.4 is 4.74 Å². The van der Waals surface area contributed by atoms with Gasteiger partial charge in [0.2, 0.25) is 0 Å². The van der Waals surface area contributed by atoms with Crippen LogP contribution in [0.4, 0.5) is 0 Å². The molecule has 5 rings (SSSR count). The average Bonchev–Trinajstić information content (AvgIpc) is 3.00. The molecule has 136 valence electrons. The number of likely N-dealkylation sites (tertiary alicyclic amines) is 1. The number of rotatable bonds is 5. The largest absolute Gasteiger partial charge is 0.490 e. The van der Waals surface area contributed by atoms with Crippen LogP contribution in [0.1, 0.15) is 25.3 Å². The summed E-state index contributed by atoms with van der Waals surface area (Å²) in [6.45, 7) is 4.49. The van der Waals surface area contributed by atoms with E-state index < -0.39 is 5.97 Å². The molecular weight excluding hydrogens is 326 g/mol. The molecule has 0 radical (unpaired) electrons. The van der Waals surface area contributed by atoms with Gasteiger partial charge in [0, 0.05) is 19.6 Å². The summed E-state index contributed by atoms with van der Waals surface area (Å²) in [4.78, 5) is 13.1. The lowest BCUT2D eigenvalue weighted by Crippen LogP contribution is -2.49. The molecule has 1 N–H and O–H groups in total. The average molecular weight is 351 g/mol. The number of ether oxygens (including phenoxy) is 1. The Morgan fingerprint density at radius 1 is 1.12 bits per heavy atom. The van der Waals surface area contributed by atoms with Crippen molar-refractivity contribution in [2.45, 2.75) is 32.4 Å². The molecule has 2 atom stereocenters. The van der Waals surface area contributed by atoms with E-state index in [1.54, 1.807) is 0 Å². The first kappa shape index (κ1) is 16.1. The summed E-state index contributed by atoms with van der Waals surface area (Å²) in [5.41, 5.74) is 1.24. The molecule has 1 aliphatic heterocycles. The van der Waals surface area contributed by atoms with Crippen molar-refractivity contribution in [2.75, 3.05) is 13.1 Å². The summed E-state index contributed by atoms with van der Waals surface area (Å²) in [5.74, 6) is 2.84. The summed E-state index contributed by atoms with van der Waals surface area (Å²) in [6, 6.07) is 12.9. The van der Waals surface area contributed by atoms with Crippen LogP contribution >= 0.6 is 0 Å². The van der Waals surface area contributed by atoms with Crippen molar-refractivity contribution < 1.29 is 14.6 Å². The number of fused-ring (bicyclic) bond motifs is 2. The molecule has 3 fully saturated rings. The zero-order chi connectivity index (χ0) is 17.8. The van der Waals surface area contributed by atoms with Gasteiger partial charge >= 0.3 is 5.97 Å². The predicted molar refractivity (Wildman–Crippen MR) is 100 cm³/mol. The Kier molecular flexibility index (Phi) is 3.71. The minimum Gasteiger partial charge on any atom is -0.490 e. The summed E-state index contributed by atoms with van der Waals surface area (Å²) in [6.07, 6.45) is 2.83. The maximum absolute atomic E-state index is 10.9. The van der Waals surface area contributed by atoms with Gasteiger partial charge in [-0.1, -0.05) is 25.1 Å². The van der Waals surface area contributed by atoms with E-state index in [0.717, 1.165) is 30.0 Å². The van der Waals surface area contributed by atoms with Gasteiger partial charge in [0.1, 0.15) is 5.75 Å². The SMILES string of the molecule is CC1C2CC(Oc3ccc4cc(CN5CC(C(=O)O)C5)ccc4c3)CC12. The van der Waals surface area contributed by atoms with E-state index in [9.17, 15) is 4.79 Å². The van der Waals surface area contributed by atoms with Crippen molar-refractivity contribution in [1.29, 1.82) is 0 Å². The number of aliphatic carboxylic acids is 1. The Bertz CT molecular complexity index is 846. The lowest BCUT2D eigenvalue weighted by Gasteiger charge is -2.36. The second-order valence-corrected chi connectivity index (χ2v) is 8.47. The molecule has 0 spiro atoms. The third kappa shape index (κ3) is 2.86. The first-order valence-electron chi connectivity index (χ1n) is 9.71. The fourth-order valence-electron chi connectivity index (χ4n) is 4.97. The summed E-state index contributed by atoms with van der Waals surface area (Å²) in [5, 5.41) is 11.4. The van der Waals surface area contributed by atoms with Gasteiger partial charge in [0.05, 0.1) is 12.0 Å². The first-order chi connectivity index (χ1) is 12.6. The number of carboxylic acid groups (broad SMARTS) is 1. The first-order valence-corrected chi connectivity index (χ1v) is 9.71. The zero-order valence-electron chi connectivity index (χ0n) is 15.1. The van der Waals surface area contributed by atoms with Crippen LogP contribution in [-0.2, 0) is 11.3 Å². The van der Waals surface area contributed by atoms with Gasteiger partial charge in [-0.3, -0.25) is 9.69 Å². The van der Waals surface area contributed by atoms with Gasteiger partial charge in [-0.2, -0.15) is 0 Å². The molecule has 0 amide bonds.